The molecule has 3 heterocycles. The van der Waals surface area contributed by atoms with Gasteiger partial charge in [-0.15, -0.1) is 16.9 Å². The Hall–Kier alpha value is -3.72. The molecule has 0 saturated heterocycles. The van der Waals surface area contributed by atoms with Crippen molar-refractivity contribution >= 4 is 40.0 Å². The number of thioether (sulfide) groups is 1. The summed E-state index contributed by atoms with van der Waals surface area (Å²) in [7, 11) is 1.74. The van der Waals surface area contributed by atoms with Crippen molar-refractivity contribution in [2.24, 2.45) is 0 Å². The highest BCUT2D eigenvalue weighted by molar-refractivity contribution is 7.99. The number of nitrogens with zero attached hydrogens (tertiary/aromatic N) is 5. The van der Waals surface area contributed by atoms with Crippen LogP contribution < -0.4 is 10.2 Å². The number of anilines is 1. The van der Waals surface area contributed by atoms with Crippen LogP contribution in [-0.2, 0) is 11.3 Å². The molecule has 1 aliphatic rings. The molecular formula is C23H20N6O2S. The van der Waals surface area contributed by atoms with Crippen LogP contribution in [0.5, 0.6) is 0 Å². The summed E-state index contributed by atoms with van der Waals surface area (Å²) in [5, 5.41) is 9.00. The Kier molecular flexibility index (Phi) is 5.32. The molecule has 160 valence electrons. The Labute approximate surface area is 188 Å². The lowest BCUT2D eigenvalue weighted by Gasteiger charge is -2.22. The van der Waals surface area contributed by atoms with E-state index in [9.17, 15) is 9.59 Å². The van der Waals surface area contributed by atoms with Gasteiger partial charge in [-0.25, -0.2) is 9.67 Å². The third-order valence-electron chi connectivity index (χ3n) is 5.36. The number of benzene rings is 2. The molecule has 2 amide bonds. The number of fused-ring (bicyclic) bond motifs is 3. The molecule has 32 heavy (non-hydrogen) atoms. The Balaban J connectivity index is 1.33. The van der Waals surface area contributed by atoms with Gasteiger partial charge < -0.3 is 10.2 Å². The largest absolute Gasteiger partial charge is 0.337 e. The van der Waals surface area contributed by atoms with Crippen LogP contribution in [0, 0.1) is 0 Å². The van der Waals surface area contributed by atoms with Crippen molar-refractivity contribution in [2.45, 2.75) is 17.5 Å². The smallest absolute Gasteiger partial charge is 0.291 e. The molecule has 8 nitrogen and oxygen atoms in total. The van der Waals surface area contributed by atoms with Gasteiger partial charge in [0.1, 0.15) is 12.4 Å². The van der Waals surface area contributed by atoms with Gasteiger partial charge >= 0.3 is 0 Å². The first kappa shape index (κ1) is 20.2. The molecule has 0 unspecified atom stereocenters. The maximum atomic E-state index is 13.2. The van der Waals surface area contributed by atoms with Crippen molar-refractivity contribution in [3.05, 3.63) is 78.6 Å². The molecule has 2 aromatic heterocycles. The van der Waals surface area contributed by atoms with E-state index in [1.54, 1.807) is 40.8 Å². The van der Waals surface area contributed by atoms with Gasteiger partial charge in [-0.2, -0.15) is 0 Å². The second-order valence-corrected chi connectivity index (χ2v) is 8.56. The number of aromatic nitrogens is 4. The van der Waals surface area contributed by atoms with E-state index >= 15 is 0 Å². The van der Waals surface area contributed by atoms with E-state index in [-0.39, 0.29) is 11.7 Å². The second kappa shape index (κ2) is 8.43. The van der Waals surface area contributed by atoms with Gasteiger partial charge in [-0.05, 0) is 17.7 Å². The monoisotopic (exact) mass is 444 g/mol. The zero-order valence-corrected chi connectivity index (χ0v) is 18.1. The number of hydrogen-bond acceptors (Lipinski definition) is 6. The lowest BCUT2D eigenvalue weighted by Crippen LogP contribution is -2.48. The molecule has 5 rings (SSSR count). The van der Waals surface area contributed by atoms with Crippen LogP contribution in [0.4, 0.5) is 5.69 Å². The Morgan fingerprint density at radius 1 is 1.19 bits per heavy atom. The quantitative estimate of drug-likeness (QED) is 0.520. The summed E-state index contributed by atoms with van der Waals surface area (Å²) in [5.74, 6) is -0.190. The highest BCUT2D eigenvalue weighted by atomic mass is 32.2. The number of pyridine rings is 1. The molecule has 0 fully saturated rings. The van der Waals surface area contributed by atoms with Crippen LogP contribution in [-0.4, -0.2) is 50.4 Å². The minimum absolute atomic E-state index is 0.0414. The van der Waals surface area contributed by atoms with E-state index in [1.165, 1.54) is 6.33 Å². The number of carbonyl (C=O) groups is 2. The van der Waals surface area contributed by atoms with Gasteiger partial charge in [0.05, 0.1) is 12.2 Å². The Morgan fingerprint density at radius 2 is 2.03 bits per heavy atom. The van der Waals surface area contributed by atoms with E-state index in [1.807, 2.05) is 48.5 Å². The summed E-state index contributed by atoms with van der Waals surface area (Å²) in [4.78, 5) is 36.9. The fourth-order valence-electron chi connectivity index (χ4n) is 3.75. The average molecular weight is 445 g/mol. The Bertz CT molecular complexity index is 1310. The summed E-state index contributed by atoms with van der Waals surface area (Å²) in [6.45, 7) is 0.513. The fourth-order valence-corrected chi connectivity index (χ4v) is 4.87. The van der Waals surface area contributed by atoms with E-state index in [0.29, 0.717) is 12.3 Å². The van der Waals surface area contributed by atoms with Gasteiger partial charge in [0.2, 0.25) is 11.7 Å². The molecule has 1 aliphatic heterocycles. The van der Waals surface area contributed by atoms with Crippen LogP contribution in [0.3, 0.4) is 0 Å². The van der Waals surface area contributed by atoms with Crippen molar-refractivity contribution in [3.8, 4) is 0 Å². The van der Waals surface area contributed by atoms with Gasteiger partial charge in [-0.1, -0.05) is 36.4 Å². The summed E-state index contributed by atoms with van der Waals surface area (Å²) in [5.41, 5.74) is 1.89. The van der Waals surface area contributed by atoms with Crippen molar-refractivity contribution in [2.75, 3.05) is 17.7 Å². The zero-order chi connectivity index (χ0) is 22.1. The van der Waals surface area contributed by atoms with E-state index < -0.39 is 11.9 Å². The van der Waals surface area contributed by atoms with Crippen molar-refractivity contribution in [1.82, 2.24) is 25.1 Å². The topological polar surface area (TPSA) is 93.0 Å². The van der Waals surface area contributed by atoms with Crippen LogP contribution in [0.25, 0.3) is 10.8 Å². The first-order valence-electron chi connectivity index (χ1n) is 10.1. The van der Waals surface area contributed by atoms with Gasteiger partial charge in [0, 0.05) is 40.9 Å². The summed E-state index contributed by atoms with van der Waals surface area (Å²) < 4.78 is 1.61. The maximum Gasteiger partial charge on any atom is 0.291 e. The van der Waals surface area contributed by atoms with Crippen molar-refractivity contribution in [3.63, 3.8) is 0 Å². The van der Waals surface area contributed by atoms with E-state index in [4.69, 9.17) is 0 Å². The number of carbonyl (C=O) groups excluding carboxylic acids is 2. The molecule has 0 saturated carbocycles. The predicted octanol–water partition coefficient (Wildman–Crippen LogP) is 2.74. The number of nitrogens with one attached hydrogen (secondary N) is 1. The average Bonchev–Trinajstić information content (AvgIpc) is 3.25. The van der Waals surface area contributed by atoms with Crippen LogP contribution in [0.2, 0.25) is 0 Å². The first-order valence-corrected chi connectivity index (χ1v) is 11.1. The molecule has 1 N–H and O–H groups in total. The van der Waals surface area contributed by atoms with Gasteiger partial charge in [0.25, 0.3) is 5.91 Å². The number of hydrogen-bond donors (Lipinski definition) is 1. The van der Waals surface area contributed by atoms with Crippen LogP contribution >= 0.6 is 11.8 Å². The fraction of sp³-hybridized carbons (Fsp3) is 0.174. The number of amides is 2. The van der Waals surface area contributed by atoms with E-state index in [2.05, 4.69) is 20.4 Å². The summed E-state index contributed by atoms with van der Waals surface area (Å²) in [6, 6.07) is 15.0. The third kappa shape index (κ3) is 3.82. The minimum Gasteiger partial charge on any atom is -0.337 e. The Morgan fingerprint density at radius 3 is 2.88 bits per heavy atom. The van der Waals surface area contributed by atoms with E-state index in [0.717, 1.165) is 26.9 Å². The predicted molar refractivity (Wildman–Crippen MR) is 123 cm³/mol. The highest BCUT2D eigenvalue weighted by Gasteiger charge is 2.31. The highest BCUT2D eigenvalue weighted by Crippen LogP contribution is 2.39. The molecule has 0 bridgehead atoms. The molecule has 1 atom stereocenters. The maximum absolute atomic E-state index is 13.2. The molecule has 0 spiro atoms. The standard InChI is InChI=1S/C23H20N6O2S/c1-28-20-17-9-10-24-11-16(17)7-8-19(20)32-13-18(23(28)31)26-22(30)21-25-14-29(27-21)12-15-5-3-2-4-6-15/h2-11,14,18H,12-13H2,1H3,(H,26,30)/t18-/m0/s1. The molecule has 0 radical (unpaired) electrons. The summed E-state index contributed by atoms with van der Waals surface area (Å²) >= 11 is 1.54. The minimum atomic E-state index is -0.692. The lowest BCUT2D eigenvalue weighted by molar-refractivity contribution is -0.119. The third-order valence-corrected chi connectivity index (χ3v) is 6.50. The van der Waals surface area contributed by atoms with Crippen molar-refractivity contribution < 1.29 is 9.59 Å². The number of likely N-dealkylation sites (N-methyl/N-ethyl adjacent to an activating group) is 1. The SMILES string of the molecule is CN1C(=O)[C@@H](NC(=O)c2ncn(Cc3ccccc3)n2)CSc2ccc3cnccc3c21. The first-order chi connectivity index (χ1) is 15.6. The van der Waals surface area contributed by atoms with Gasteiger partial charge in [0.15, 0.2) is 0 Å². The molecule has 0 aliphatic carbocycles. The van der Waals surface area contributed by atoms with Gasteiger partial charge in [-0.3, -0.25) is 14.6 Å². The van der Waals surface area contributed by atoms with Crippen LogP contribution in [0.1, 0.15) is 16.2 Å². The van der Waals surface area contributed by atoms with Crippen LogP contribution in [0.15, 0.2) is 72.1 Å². The molecule has 2 aromatic carbocycles. The van der Waals surface area contributed by atoms with Crippen molar-refractivity contribution in [1.29, 1.82) is 0 Å². The lowest BCUT2D eigenvalue weighted by atomic mass is 10.1. The molecular weight excluding hydrogens is 424 g/mol. The molecule has 4 aromatic rings. The normalized spacial score (nSPS) is 16.0. The number of rotatable bonds is 4. The molecule has 9 heteroatoms. The summed E-state index contributed by atoms with van der Waals surface area (Å²) in [6.07, 6.45) is 5.01. The zero-order valence-electron chi connectivity index (χ0n) is 17.3. The second-order valence-electron chi connectivity index (χ2n) is 7.49.